The summed E-state index contributed by atoms with van der Waals surface area (Å²) in [5, 5.41) is 9.92. The monoisotopic (exact) mass is 157 g/mol. The second-order valence-corrected chi connectivity index (χ2v) is 2.23. The maximum Gasteiger partial charge on any atom is 0.197 e. The fourth-order valence-electron chi connectivity index (χ4n) is 0.443. The molecule has 0 heterocycles. The molecular formula is C6H15N5. The zero-order valence-electron chi connectivity index (χ0n) is 7.18. The predicted molar refractivity (Wildman–Crippen MR) is 46.7 cm³/mol. The minimum absolute atomic E-state index is 0.236. The molecule has 0 radical (unpaired) electrons. The molecule has 4 N–H and O–H groups in total. The molecular weight excluding hydrogens is 142 g/mol. The van der Waals surface area contributed by atoms with Crippen molar-refractivity contribution in [3.05, 3.63) is 0 Å². The van der Waals surface area contributed by atoms with E-state index >= 15 is 0 Å². The van der Waals surface area contributed by atoms with Gasteiger partial charge in [-0.05, 0) is 6.92 Å². The van der Waals surface area contributed by atoms with E-state index in [4.69, 9.17) is 11.1 Å². The van der Waals surface area contributed by atoms with Crippen molar-refractivity contribution in [3.8, 4) is 0 Å². The Morgan fingerprint density at radius 2 is 2.18 bits per heavy atom. The first-order valence-electron chi connectivity index (χ1n) is 3.40. The van der Waals surface area contributed by atoms with Crippen LogP contribution < -0.4 is 11.1 Å². The van der Waals surface area contributed by atoms with Gasteiger partial charge in [0.15, 0.2) is 11.9 Å². The second kappa shape index (κ2) is 4.54. The van der Waals surface area contributed by atoms with Crippen LogP contribution in [0.15, 0.2) is 4.99 Å². The average Bonchev–Trinajstić information content (AvgIpc) is 1.87. The van der Waals surface area contributed by atoms with E-state index in [0.717, 1.165) is 0 Å². The molecule has 0 saturated heterocycles. The van der Waals surface area contributed by atoms with Crippen LogP contribution >= 0.6 is 0 Å². The van der Waals surface area contributed by atoms with Crippen LogP contribution in [0.1, 0.15) is 6.92 Å². The van der Waals surface area contributed by atoms with Crippen LogP contribution in [0.2, 0.25) is 0 Å². The van der Waals surface area contributed by atoms with Gasteiger partial charge in [-0.25, -0.2) is 0 Å². The normalized spacial score (nSPS) is 11.0. The van der Waals surface area contributed by atoms with Crippen LogP contribution in [-0.2, 0) is 0 Å². The summed E-state index contributed by atoms with van der Waals surface area (Å²) in [5.74, 6) is 0.519. The lowest BCUT2D eigenvalue weighted by molar-refractivity contribution is 0.599. The Morgan fingerprint density at radius 1 is 1.64 bits per heavy atom. The summed E-state index contributed by atoms with van der Waals surface area (Å²) in [4.78, 5) is 5.47. The molecule has 0 aromatic heterocycles. The van der Waals surface area contributed by atoms with Gasteiger partial charge in [-0.2, -0.15) is 0 Å². The molecule has 0 fully saturated rings. The van der Waals surface area contributed by atoms with Gasteiger partial charge in [-0.15, -0.1) is 0 Å². The van der Waals surface area contributed by atoms with Gasteiger partial charge in [-0.1, -0.05) is 0 Å². The number of nitrogens with one attached hydrogen (secondary N) is 2. The van der Waals surface area contributed by atoms with Crippen molar-refractivity contribution in [3.63, 3.8) is 0 Å². The molecule has 0 aliphatic heterocycles. The molecule has 0 spiro atoms. The maximum atomic E-state index is 7.31. The first-order chi connectivity index (χ1) is 5.07. The van der Waals surface area contributed by atoms with Crippen molar-refractivity contribution in [1.29, 1.82) is 5.41 Å². The summed E-state index contributed by atoms with van der Waals surface area (Å²) in [7, 11) is 3.52. The Balaban J connectivity index is 3.85. The van der Waals surface area contributed by atoms with Crippen molar-refractivity contribution in [1.82, 2.24) is 10.2 Å². The van der Waals surface area contributed by atoms with Crippen LogP contribution in [0.25, 0.3) is 0 Å². The molecule has 0 saturated carbocycles. The predicted octanol–water partition coefficient (Wildman–Crippen LogP) is -0.593. The molecule has 0 unspecified atom stereocenters. The number of aliphatic imine (C=N–C) groups is 1. The van der Waals surface area contributed by atoms with E-state index in [1.807, 2.05) is 6.92 Å². The van der Waals surface area contributed by atoms with Crippen LogP contribution in [0.3, 0.4) is 0 Å². The lowest BCUT2D eigenvalue weighted by Gasteiger charge is -2.14. The molecule has 0 aliphatic rings. The molecule has 0 amide bonds. The molecule has 5 nitrogen and oxygen atoms in total. The first kappa shape index (κ1) is 9.74. The van der Waals surface area contributed by atoms with Gasteiger partial charge in [0.1, 0.15) is 0 Å². The Kier molecular flexibility index (Phi) is 4.02. The molecule has 11 heavy (non-hydrogen) atoms. The van der Waals surface area contributed by atoms with E-state index in [1.54, 1.807) is 19.0 Å². The van der Waals surface area contributed by atoms with Crippen LogP contribution in [0, 0.1) is 5.41 Å². The summed E-state index contributed by atoms with van der Waals surface area (Å²) in [6.45, 7) is 2.51. The Hall–Kier alpha value is -1.26. The molecule has 64 valence electrons. The number of nitrogens with two attached hydrogens (primary N) is 1. The summed E-state index contributed by atoms with van der Waals surface area (Å²) in [6, 6.07) is 0. The number of hydrogen-bond acceptors (Lipinski definition) is 2. The molecule has 5 heteroatoms. The highest BCUT2D eigenvalue weighted by molar-refractivity contribution is 5.96. The molecule has 0 aromatic rings. The van der Waals surface area contributed by atoms with Crippen LogP contribution in [0.4, 0.5) is 0 Å². The third-order valence-corrected chi connectivity index (χ3v) is 1.02. The van der Waals surface area contributed by atoms with E-state index in [0.29, 0.717) is 6.54 Å². The fraction of sp³-hybridized carbons (Fsp3) is 0.667. The summed E-state index contributed by atoms with van der Waals surface area (Å²) in [6.07, 6.45) is 0. The minimum Gasteiger partial charge on any atom is -0.370 e. The zero-order chi connectivity index (χ0) is 8.85. The van der Waals surface area contributed by atoms with Crippen molar-refractivity contribution in [2.75, 3.05) is 20.6 Å². The van der Waals surface area contributed by atoms with Gasteiger partial charge >= 0.3 is 0 Å². The quantitative estimate of drug-likeness (QED) is 0.351. The average molecular weight is 157 g/mol. The number of nitrogens with zero attached hydrogens (tertiary/aromatic N) is 2. The van der Waals surface area contributed by atoms with E-state index in [2.05, 4.69) is 10.3 Å². The topological polar surface area (TPSA) is 77.5 Å². The molecule has 0 bridgehead atoms. The Bertz CT molecular complexity index is 160. The summed E-state index contributed by atoms with van der Waals surface area (Å²) < 4.78 is 0. The number of guanidine groups is 2. The number of rotatable bonds is 1. The lowest BCUT2D eigenvalue weighted by atomic mass is 10.7. The highest BCUT2D eigenvalue weighted by Gasteiger charge is 1.97. The summed E-state index contributed by atoms with van der Waals surface area (Å²) in [5.41, 5.74) is 5.39. The van der Waals surface area contributed by atoms with Gasteiger partial charge in [0, 0.05) is 20.6 Å². The van der Waals surface area contributed by atoms with Crippen molar-refractivity contribution in [2.24, 2.45) is 10.7 Å². The molecule has 0 rings (SSSR count). The largest absolute Gasteiger partial charge is 0.370 e. The Morgan fingerprint density at radius 3 is 2.55 bits per heavy atom. The Labute approximate surface area is 66.8 Å². The van der Waals surface area contributed by atoms with Gasteiger partial charge in [0.05, 0.1) is 0 Å². The zero-order valence-corrected chi connectivity index (χ0v) is 7.18. The van der Waals surface area contributed by atoms with E-state index in [1.165, 1.54) is 0 Å². The second-order valence-electron chi connectivity index (χ2n) is 2.23. The minimum atomic E-state index is 0.236. The van der Waals surface area contributed by atoms with E-state index in [9.17, 15) is 0 Å². The van der Waals surface area contributed by atoms with Gasteiger partial charge in [0.2, 0.25) is 0 Å². The van der Waals surface area contributed by atoms with Gasteiger partial charge in [0.25, 0.3) is 0 Å². The summed E-state index contributed by atoms with van der Waals surface area (Å²) >= 11 is 0. The third-order valence-electron chi connectivity index (χ3n) is 1.02. The van der Waals surface area contributed by atoms with Crippen LogP contribution in [0.5, 0.6) is 0 Å². The van der Waals surface area contributed by atoms with E-state index in [-0.39, 0.29) is 11.9 Å². The van der Waals surface area contributed by atoms with Crippen molar-refractivity contribution in [2.45, 2.75) is 6.92 Å². The molecule has 0 aromatic carbocycles. The third kappa shape index (κ3) is 4.19. The molecule has 0 atom stereocenters. The lowest BCUT2D eigenvalue weighted by Crippen LogP contribution is -2.43. The van der Waals surface area contributed by atoms with Crippen molar-refractivity contribution >= 4 is 11.9 Å². The molecule has 0 aliphatic carbocycles. The first-order valence-corrected chi connectivity index (χ1v) is 3.40. The number of hydrogen-bond donors (Lipinski definition) is 3. The smallest absolute Gasteiger partial charge is 0.197 e. The maximum absolute atomic E-state index is 7.31. The fourth-order valence-corrected chi connectivity index (χ4v) is 0.443. The van der Waals surface area contributed by atoms with Gasteiger partial charge in [-0.3, -0.25) is 15.7 Å². The van der Waals surface area contributed by atoms with Crippen molar-refractivity contribution < 1.29 is 0 Å². The van der Waals surface area contributed by atoms with E-state index < -0.39 is 0 Å². The standard InChI is InChI=1S/C6H15N5/c1-4-9-5(7)10-6(8)11(2)3/h4H2,1-3H3,(H4,7,8,9,10). The highest BCUT2D eigenvalue weighted by atomic mass is 15.3. The van der Waals surface area contributed by atoms with Crippen LogP contribution in [-0.4, -0.2) is 37.5 Å². The van der Waals surface area contributed by atoms with Gasteiger partial charge < -0.3 is 10.6 Å². The highest BCUT2D eigenvalue weighted by Crippen LogP contribution is 1.73. The SMILES string of the molecule is CCN=C(N)NC(=N)N(C)C.